The van der Waals surface area contributed by atoms with Crippen molar-refractivity contribution in [3.05, 3.63) is 60.3 Å². The molecule has 2 aromatic carbocycles. The number of fused-ring (bicyclic) bond motifs is 1. The second-order valence-electron chi connectivity index (χ2n) is 7.06. The van der Waals surface area contributed by atoms with E-state index in [0.717, 1.165) is 48.1 Å². The molecule has 29 heavy (non-hydrogen) atoms. The fourth-order valence-electron chi connectivity index (χ4n) is 3.78. The molecule has 4 rings (SSSR count). The van der Waals surface area contributed by atoms with Gasteiger partial charge >= 0.3 is 0 Å². The molecule has 1 aromatic heterocycles. The van der Waals surface area contributed by atoms with Crippen molar-refractivity contribution >= 4 is 46.5 Å². The first-order valence-electron chi connectivity index (χ1n) is 9.68. The molecular formula is C22H28IN5O. The predicted octanol–water partition coefficient (Wildman–Crippen LogP) is 3.74. The second kappa shape index (κ2) is 9.87. The van der Waals surface area contributed by atoms with Crippen molar-refractivity contribution in [1.82, 2.24) is 15.6 Å². The van der Waals surface area contributed by atoms with Gasteiger partial charge < -0.3 is 25.3 Å². The Morgan fingerprint density at radius 2 is 2.00 bits per heavy atom. The van der Waals surface area contributed by atoms with E-state index in [-0.39, 0.29) is 24.0 Å². The van der Waals surface area contributed by atoms with E-state index in [1.54, 1.807) is 7.11 Å². The summed E-state index contributed by atoms with van der Waals surface area (Å²) in [6, 6.07) is 19.0. The van der Waals surface area contributed by atoms with Gasteiger partial charge in [-0.15, -0.1) is 24.0 Å². The Labute approximate surface area is 188 Å². The van der Waals surface area contributed by atoms with Gasteiger partial charge in [0.15, 0.2) is 5.96 Å². The Hall–Kier alpha value is -2.42. The van der Waals surface area contributed by atoms with Gasteiger partial charge in [0.05, 0.1) is 19.3 Å². The van der Waals surface area contributed by atoms with Crippen LogP contribution in [0.5, 0.6) is 5.75 Å². The molecule has 3 aromatic rings. The van der Waals surface area contributed by atoms with Gasteiger partial charge in [-0.2, -0.15) is 0 Å². The number of nitrogens with one attached hydrogen (secondary N) is 3. The monoisotopic (exact) mass is 505 g/mol. The quantitative estimate of drug-likeness (QED) is 0.281. The lowest BCUT2D eigenvalue weighted by molar-refractivity contribution is 0.415. The van der Waals surface area contributed by atoms with Gasteiger partial charge in [-0.05, 0) is 36.1 Å². The van der Waals surface area contributed by atoms with Gasteiger partial charge in [0.2, 0.25) is 0 Å². The molecule has 154 valence electrons. The van der Waals surface area contributed by atoms with Crippen molar-refractivity contribution < 1.29 is 4.74 Å². The number of aromatic amines is 1. The lowest BCUT2D eigenvalue weighted by atomic mass is 10.2. The third-order valence-corrected chi connectivity index (χ3v) is 5.21. The van der Waals surface area contributed by atoms with E-state index >= 15 is 0 Å². The van der Waals surface area contributed by atoms with E-state index in [1.165, 1.54) is 5.39 Å². The highest BCUT2D eigenvalue weighted by Crippen LogP contribution is 2.30. The van der Waals surface area contributed by atoms with E-state index in [4.69, 9.17) is 4.74 Å². The molecule has 0 aliphatic carbocycles. The minimum atomic E-state index is 0. The topological polar surface area (TPSA) is 64.7 Å². The zero-order valence-electron chi connectivity index (χ0n) is 16.8. The number of methoxy groups -OCH3 is 1. The molecular weight excluding hydrogens is 477 g/mol. The molecule has 0 bridgehead atoms. The van der Waals surface area contributed by atoms with Gasteiger partial charge in [0.25, 0.3) is 0 Å². The van der Waals surface area contributed by atoms with Crippen LogP contribution in [0.3, 0.4) is 0 Å². The zero-order chi connectivity index (χ0) is 19.3. The number of aromatic nitrogens is 1. The molecule has 1 aliphatic heterocycles. The van der Waals surface area contributed by atoms with Crippen LogP contribution in [-0.2, 0) is 6.54 Å². The summed E-state index contributed by atoms with van der Waals surface area (Å²) in [5.74, 6) is 1.75. The van der Waals surface area contributed by atoms with Gasteiger partial charge in [-0.1, -0.05) is 30.3 Å². The lowest BCUT2D eigenvalue weighted by Crippen LogP contribution is -2.44. The predicted molar refractivity (Wildman–Crippen MR) is 131 cm³/mol. The van der Waals surface area contributed by atoms with Crippen LogP contribution in [0.15, 0.2) is 59.6 Å². The van der Waals surface area contributed by atoms with Crippen LogP contribution in [0.25, 0.3) is 10.9 Å². The number of ether oxygens (including phenoxy) is 1. The summed E-state index contributed by atoms with van der Waals surface area (Å²) in [5, 5.41) is 8.19. The maximum Gasteiger partial charge on any atom is 0.191 e. The Bertz CT molecular complexity index is 938. The molecule has 2 heterocycles. The number of guanidine groups is 1. The van der Waals surface area contributed by atoms with E-state index in [2.05, 4.69) is 61.9 Å². The zero-order valence-corrected chi connectivity index (χ0v) is 19.1. The van der Waals surface area contributed by atoms with Crippen molar-refractivity contribution in [3.63, 3.8) is 0 Å². The third kappa shape index (κ3) is 4.95. The van der Waals surface area contributed by atoms with Crippen LogP contribution >= 0.6 is 24.0 Å². The van der Waals surface area contributed by atoms with Crippen LogP contribution in [0.1, 0.15) is 12.1 Å². The van der Waals surface area contributed by atoms with Gasteiger partial charge in [-0.25, -0.2) is 0 Å². The number of para-hydroxylation sites is 3. The number of H-pyrrole nitrogens is 1. The van der Waals surface area contributed by atoms with Gasteiger partial charge in [0.1, 0.15) is 5.75 Å². The molecule has 1 aliphatic rings. The normalized spacial score (nSPS) is 16.6. The molecule has 1 unspecified atom stereocenters. The summed E-state index contributed by atoms with van der Waals surface area (Å²) >= 11 is 0. The molecule has 1 atom stereocenters. The summed E-state index contributed by atoms with van der Waals surface area (Å²) in [5.41, 5.74) is 3.45. The number of aliphatic imine (C=N–C) groups is 1. The molecule has 1 fully saturated rings. The molecule has 1 saturated heterocycles. The van der Waals surface area contributed by atoms with E-state index in [9.17, 15) is 0 Å². The Morgan fingerprint density at radius 1 is 1.21 bits per heavy atom. The fourth-order valence-corrected chi connectivity index (χ4v) is 3.78. The second-order valence-corrected chi connectivity index (χ2v) is 7.06. The highest BCUT2D eigenvalue weighted by Gasteiger charge is 2.25. The third-order valence-electron chi connectivity index (χ3n) is 5.21. The van der Waals surface area contributed by atoms with E-state index in [0.29, 0.717) is 12.6 Å². The first kappa shape index (κ1) is 21.3. The minimum Gasteiger partial charge on any atom is -0.495 e. The SMILES string of the molecule is CN=C(NCc1cc2ccccc2[nH]1)NC1CCN(c2ccccc2OC)C1.I. The molecule has 0 amide bonds. The maximum absolute atomic E-state index is 5.51. The van der Waals surface area contributed by atoms with Crippen LogP contribution in [0.2, 0.25) is 0 Å². The van der Waals surface area contributed by atoms with Gasteiger partial charge in [0, 0.05) is 37.4 Å². The molecule has 6 nitrogen and oxygen atoms in total. The van der Waals surface area contributed by atoms with Crippen molar-refractivity contribution in [2.24, 2.45) is 4.99 Å². The smallest absolute Gasteiger partial charge is 0.191 e. The number of hydrogen-bond acceptors (Lipinski definition) is 3. The number of anilines is 1. The largest absolute Gasteiger partial charge is 0.495 e. The Morgan fingerprint density at radius 3 is 2.79 bits per heavy atom. The number of halogens is 1. The van der Waals surface area contributed by atoms with Crippen molar-refractivity contribution in [2.75, 3.05) is 32.1 Å². The van der Waals surface area contributed by atoms with Gasteiger partial charge in [-0.3, -0.25) is 4.99 Å². The van der Waals surface area contributed by atoms with Crippen LogP contribution in [0.4, 0.5) is 5.69 Å². The number of hydrogen-bond donors (Lipinski definition) is 3. The molecule has 0 saturated carbocycles. The van der Waals surface area contributed by atoms with Crippen molar-refractivity contribution in [3.8, 4) is 5.75 Å². The van der Waals surface area contributed by atoms with Crippen LogP contribution < -0.4 is 20.3 Å². The molecule has 3 N–H and O–H groups in total. The van der Waals surface area contributed by atoms with Crippen molar-refractivity contribution in [1.29, 1.82) is 0 Å². The average Bonchev–Trinajstić information content (AvgIpc) is 3.37. The maximum atomic E-state index is 5.51. The molecule has 0 spiro atoms. The molecule has 0 radical (unpaired) electrons. The molecule has 7 heteroatoms. The highest BCUT2D eigenvalue weighted by atomic mass is 127. The first-order valence-corrected chi connectivity index (χ1v) is 9.68. The number of nitrogens with zero attached hydrogens (tertiary/aromatic N) is 2. The summed E-state index contributed by atoms with van der Waals surface area (Å²) in [4.78, 5) is 10.2. The summed E-state index contributed by atoms with van der Waals surface area (Å²) < 4.78 is 5.51. The summed E-state index contributed by atoms with van der Waals surface area (Å²) in [6.07, 6.45) is 1.06. The van der Waals surface area contributed by atoms with Crippen LogP contribution in [0, 0.1) is 0 Å². The van der Waals surface area contributed by atoms with Crippen LogP contribution in [-0.4, -0.2) is 44.2 Å². The highest BCUT2D eigenvalue weighted by molar-refractivity contribution is 14.0. The van der Waals surface area contributed by atoms with E-state index < -0.39 is 0 Å². The summed E-state index contributed by atoms with van der Waals surface area (Å²) in [7, 11) is 3.54. The fraction of sp³-hybridized carbons (Fsp3) is 0.318. The Kier molecular flexibility index (Phi) is 7.24. The lowest BCUT2D eigenvalue weighted by Gasteiger charge is -2.22. The number of benzene rings is 2. The minimum absolute atomic E-state index is 0. The Balaban J connectivity index is 0.00000240. The van der Waals surface area contributed by atoms with E-state index in [1.807, 2.05) is 25.2 Å². The standard InChI is InChI=1S/C22H27N5O.HI/c1-23-22(24-14-18-13-16-7-3-4-8-19(16)25-18)26-17-11-12-27(15-17)20-9-5-6-10-21(20)28-2;/h3-10,13,17,25H,11-12,14-15H2,1-2H3,(H2,23,24,26);1H. The van der Waals surface area contributed by atoms with Crippen molar-refractivity contribution in [2.45, 2.75) is 19.0 Å². The number of rotatable bonds is 5. The first-order chi connectivity index (χ1) is 13.8. The average molecular weight is 505 g/mol. The summed E-state index contributed by atoms with van der Waals surface area (Å²) in [6.45, 7) is 2.63.